The summed E-state index contributed by atoms with van der Waals surface area (Å²) in [5, 5.41) is 9.53. The van der Waals surface area contributed by atoms with E-state index in [1.165, 1.54) is 7.11 Å². The Labute approximate surface area is 111 Å². The van der Waals surface area contributed by atoms with Crippen molar-refractivity contribution in [1.29, 1.82) is 0 Å². The summed E-state index contributed by atoms with van der Waals surface area (Å²) in [6, 6.07) is 4.96. The van der Waals surface area contributed by atoms with Crippen LogP contribution >= 0.6 is 0 Å². The van der Waals surface area contributed by atoms with Gasteiger partial charge in [-0.1, -0.05) is 0 Å². The molecule has 0 atom stereocenters. The SMILES string of the molecule is COc1ccc(N)cc1C(=O)NCc1cn[nH]c1C. The first-order chi connectivity index (χ1) is 9.11. The van der Waals surface area contributed by atoms with Crippen molar-refractivity contribution < 1.29 is 9.53 Å². The lowest BCUT2D eigenvalue weighted by Gasteiger charge is -2.09. The monoisotopic (exact) mass is 260 g/mol. The van der Waals surface area contributed by atoms with Gasteiger partial charge in [0.15, 0.2) is 0 Å². The summed E-state index contributed by atoms with van der Waals surface area (Å²) in [7, 11) is 1.52. The number of nitrogen functional groups attached to an aromatic ring is 1. The molecule has 1 aromatic carbocycles. The Morgan fingerprint density at radius 3 is 2.95 bits per heavy atom. The third-order valence-electron chi connectivity index (χ3n) is 2.84. The number of nitrogens with zero attached hydrogens (tertiary/aromatic N) is 1. The summed E-state index contributed by atoms with van der Waals surface area (Å²) in [6.45, 7) is 2.30. The van der Waals surface area contributed by atoms with Gasteiger partial charge in [-0.25, -0.2) is 0 Å². The number of H-pyrrole nitrogens is 1. The molecule has 1 aromatic heterocycles. The van der Waals surface area contributed by atoms with Crippen molar-refractivity contribution in [3.8, 4) is 5.75 Å². The Kier molecular flexibility index (Phi) is 3.70. The molecule has 4 N–H and O–H groups in total. The fourth-order valence-corrected chi connectivity index (χ4v) is 1.73. The van der Waals surface area contributed by atoms with Gasteiger partial charge in [0.05, 0.1) is 18.9 Å². The number of aryl methyl sites for hydroxylation is 1. The minimum Gasteiger partial charge on any atom is -0.496 e. The second-order valence-corrected chi connectivity index (χ2v) is 4.16. The summed E-state index contributed by atoms with van der Waals surface area (Å²) in [4.78, 5) is 12.1. The lowest BCUT2D eigenvalue weighted by molar-refractivity contribution is 0.0948. The van der Waals surface area contributed by atoms with E-state index in [9.17, 15) is 4.79 Å². The van der Waals surface area contributed by atoms with Crippen LogP contribution in [0, 0.1) is 6.92 Å². The lowest BCUT2D eigenvalue weighted by Crippen LogP contribution is -2.23. The van der Waals surface area contributed by atoms with Gasteiger partial charge >= 0.3 is 0 Å². The van der Waals surface area contributed by atoms with Gasteiger partial charge in [0, 0.05) is 23.5 Å². The quantitative estimate of drug-likeness (QED) is 0.721. The maximum absolute atomic E-state index is 12.1. The Morgan fingerprint density at radius 2 is 2.32 bits per heavy atom. The molecular weight excluding hydrogens is 244 g/mol. The Balaban J connectivity index is 2.12. The predicted molar refractivity (Wildman–Crippen MR) is 71.9 cm³/mol. The van der Waals surface area contributed by atoms with Crippen LogP contribution in [-0.4, -0.2) is 23.2 Å². The second kappa shape index (κ2) is 5.43. The molecule has 0 fully saturated rings. The Bertz CT molecular complexity index is 592. The third kappa shape index (κ3) is 2.85. The molecule has 0 unspecified atom stereocenters. The molecule has 2 aromatic rings. The van der Waals surface area contributed by atoms with Gasteiger partial charge in [-0.3, -0.25) is 9.89 Å². The molecule has 6 nitrogen and oxygen atoms in total. The number of hydrogen-bond acceptors (Lipinski definition) is 4. The molecule has 1 amide bonds. The van der Waals surface area contributed by atoms with E-state index in [1.807, 2.05) is 6.92 Å². The highest BCUT2D eigenvalue weighted by molar-refractivity contribution is 5.97. The van der Waals surface area contributed by atoms with Crippen LogP contribution in [0.15, 0.2) is 24.4 Å². The summed E-state index contributed by atoms with van der Waals surface area (Å²) < 4.78 is 5.15. The normalized spacial score (nSPS) is 10.2. The van der Waals surface area contributed by atoms with Crippen molar-refractivity contribution in [3.63, 3.8) is 0 Å². The maximum atomic E-state index is 12.1. The molecule has 0 saturated heterocycles. The number of aromatic nitrogens is 2. The van der Waals surface area contributed by atoms with E-state index in [2.05, 4.69) is 15.5 Å². The van der Waals surface area contributed by atoms with Gasteiger partial charge in [-0.05, 0) is 25.1 Å². The number of rotatable bonds is 4. The van der Waals surface area contributed by atoms with E-state index >= 15 is 0 Å². The van der Waals surface area contributed by atoms with Gasteiger partial charge in [0.1, 0.15) is 5.75 Å². The Morgan fingerprint density at radius 1 is 1.53 bits per heavy atom. The number of carbonyl (C=O) groups excluding carboxylic acids is 1. The van der Waals surface area contributed by atoms with Gasteiger partial charge in [0.2, 0.25) is 0 Å². The van der Waals surface area contributed by atoms with Crippen LogP contribution in [0.1, 0.15) is 21.6 Å². The van der Waals surface area contributed by atoms with Crippen molar-refractivity contribution in [2.45, 2.75) is 13.5 Å². The van der Waals surface area contributed by atoms with Crippen LogP contribution in [0.2, 0.25) is 0 Å². The fraction of sp³-hybridized carbons (Fsp3) is 0.231. The minimum atomic E-state index is -0.232. The van der Waals surface area contributed by atoms with Crippen LogP contribution in [0.25, 0.3) is 0 Å². The summed E-state index contributed by atoms with van der Waals surface area (Å²) >= 11 is 0. The van der Waals surface area contributed by atoms with Crippen molar-refractivity contribution in [1.82, 2.24) is 15.5 Å². The molecule has 0 aliphatic rings. The first-order valence-corrected chi connectivity index (χ1v) is 5.82. The van der Waals surface area contributed by atoms with Crippen LogP contribution in [0.5, 0.6) is 5.75 Å². The first kappa shape index (κ1) is 12.9. The van der Waals surface area contributed by atoms with Gasteiger partial charge in [0.25, 0.3) is 5.91 Å². The first-order valence-electron chi connectivity index (χ1n) is 5.82. The molecule has 0 aliphatic heterocycles. The highest BCUT2D eigenvalue weighted by Crippen LogP contribution is 2.21. The number of hydrogen-bond donors (Lipinski definition) is 3. The van der Waals surface area contributed by atoms with Crippen molar-refractivity contribution in [2.75, 3.05) is 12.8 Å². The third-order valence-corrected chi connectivity index (χ3v) is 2.84. The maximum Gasteiger partial charge on any atom is 0.255 e. The molecular formula is C13H16N4O2. The number of amides is 1. The Hall–Kier alpha value is -2.50. The molecule has 0 bridgehead atoms. The van der Waals surface area contributed by atoms with E-state index in [0.717, 1.165) is 11.3 Å². The van der Waals surface area contributed by atoms with Crippen molar-refractivity contribution in [3.05, 3.63) is 41.2 Å². The molecule has 6 heteroatoms. The molecule has 1 heterocycles. The highest BCUT2D eigenvalue weighted by atomic mass is 16.5. The summed E-state index contributed by atoms with van der Waals surface area (Å²) in [6.07, 6.45) is 1.69. The zero-order chi connectivity index (χ0) is 13.8. The predicted octanol–water partition coefficient (Wildman–Crippen LogP) is 1.24. The number of methoxy groups -OCH3 is 1. The van der Waals surface area contributed by atoms with Gasteiger partial charge in [-0.2, -0.15) is 5.10 Å². The van der Waals surface area contributed by atoms with Crippen LogP contribution in [0.4, 0.5) is 5.69 Å². The fourth-order valence-electron chi connectivity index (χ4n) is 1.73. The summed E-state index contributed by atoms with van der Waals surface area (Å²) in [5.74, 6) is 0.264. The molecule has 2 rings (SSSR count). The molecule has 0 radical (unpaired) electrons. The van der Waals surface area contributed by atoms with Gasteiger partial charge in [-0.15, -0.1) is 0 Å². The van der Waals surface area contributed by atoms with Crippen LogP contribution < -0.4 is 15.8 Å². The van der Waals surface area contributed by atoms with Crippen molar-refractivity contribution >= 4 is 11.6 Å². The average Bonchev–Trinajstić information content (AvgIpc) is 2.81. The van der Waals surface area contributed by atoms with E-state index in [4.69, 9.17) is 10.5 Å². The standard InChI is InChI=1S/C13H16N4O2/c1-8-9(7-16-17-8)6-15-13(18)11-5-10(14)3-4-12(11)19-2/h3-5,7H,6,14H2,1-2H3,(H,15,18)(H,16,17). The van der Waals surface area contributed by atoms with E-state index in [-0.39, 0.29) is 5.91 Å². The highest BCUT2D eigenvalue weighted by Gasteiger charge is 2.13. The van der Waals surface area contributed by atoms with Gasteiger partial charge < -0.3 is 15.8 Å². The van der Waals surface area contributed by atoms with E-state index < -0.39 is 0 Å². The van der Waals surface area contributed by atoms with Crippen LogP contribution in [-0.2, 0) is 6.54 Å². The number of ether oxygens (including phenoxy) is 1. The number of carbonyl (C=O) groups is 1. The summed E-state index contributed by atoms with van der Waals surface area (Å²) in [5.41, 5.74) is 8.49. The smallest absolute Gasteiger partial charge is 0.255 e. The zero-order valence-corrected chi connectivity index (χ0v) is 10.9. The van der Waals surface area contributed by atoms with Crippen LogP contribution in [0.3, 0.4) is 0 Å². The number of nitrogens with two attached hydrogens (primary N) is 1. The second-order valence-electron chi connectivity index (χ2n) is 4.16. The molecule has 100 valence electrons. The number of anilines is 1. The molecule has 19 heavy (non-hydrogen) atoms. The minimum absolute atomic E-state index is 0.232. The number of nitrogens with one attached hydrogen (secondary N) is 2. The van der Waals surface area contributed by atoms with E-state index in [1.54, 1.807) is 24.4 Å². The average molecular weight is 260 g/mol. The van der Waals surface area contributed by atoms with Crippen molar-refractivity contribution in [2.24, 2.45) is 0 Å². The molecule has 0 saturated carbocycles. The largest absolute Gasteiger partial charge is 0.496 e. The molecule has 0 spiro atoms. The number of aromatic amines is 1. The van der Waals surface area contributed by atoms with E-state index in [0.29, 0.717) is 23.5 Å². The zero-order valence-electron chi connectivity index (χ0n) is 10.9. The molecule has 0 aliphatic carbocycles. The topological polar surface area (TPSA) is 93.0 Å². The lowest BCUT2D eigenvalue weighted by atomic mass is 10.1. The number of benzene rings is 1.